The van der Waals surface area contributed by atoms with Crippen molar-refractivity contribution < 1.29 is 0 Å². The van der Waals surface area contributed by atoms with Crippen LogP contribution in [0.5, 0.6) is 0 Å². The van der Waals surface area contributed by atoms with Crippen molar-refractivity contribution in [2.45, 2.75) is 0 Å². The largest absolute Gasteiger partial charge is 0.309 e. The number of aromatic nitrogens is 2. The van der Waals surface area contributed by atoms with Crippen LogP contribution in [0, 0.1) is 4.64 Å². The number of hydrogen-bond donors (Lipinski definition) is 0. The zero-order chi connectivity index (χ0) is 21.2. The fourth-order valence-electron chi connectivity index (χ4n) is 5.17. The molecule has 4 aromatic carbocycles. The van der Waals surface area contributed by atoms with Gasteiger partial charge in [0, 0.05) is 27.2 Å². The maximum Gasteiger partial charge on any atom is 0.121 e. The van der Waals surface area contributed by atoms with E-state index in [9.17, 15) is 0 Å². The summed E-state index contributed by atoms with van der Waals surface area (Å²) in [6.45, 7) is 0. The average Bonchev–Trinajstić information content (AvgIpc) is 3.19. The minimum atomic E-state index is 0.852. The van der Waals surface area contributed by atoms with Crippen LogP contribution in [0.3, 0.4) is 0 Å². The lowest BCUT2D eigenvalue weighted by Gasteiger charge is -2.14. The lowest BCUT2D eigenvalue weighted by atomic mass is 10.0. The number of para-hydroxylation sites is 3. The maximum atomic E-state index is 6.23. The number of fused-ring (bicyclic) bond motifs is 9. The highest BCUT2D eigenvalue weighted by molar-refractivity contribution is 7.71. The van der Waals surface area contributed by atoms with E-state index in [1.54, 1.807) is 0 Å². The van der Waals surface area contributed by atoms with E-state index in [0.29, 0.717) is 0 Å². The summed E-state index contributed by atoms with van der Waals surface area (Å²) in [5, 5.41) is 5.99. The SMILES string of the molecule is S=c1c2c3ccccc3n(-c3ccccc3)c2cc2c3ccccc3c3ccccc3n12. The Labute approximate surface area is 189 Å². The molecule has 3 aromatic heterocycles. The monoisotopic (exact) mass is 426 g/mol. The van der Waals surface area contributed by atoms with E-state index in [0.717, 1.165) is 32.3 Å². The molecule has 0 radical (unpaired) electrons. The van der Waals surface area contributed by atoms with Gasteiger partial charge in [0.25, 0.3) is 0 Å². The summed E-state index contributed by atoms with van der Waals surface area (Å²) in [5.41, 5.74) is 5.73. The van der Waals surface area contributed by atoms with E-state index in [-0.39, 0.29) is 0 Å². The van der Waals surface area contributed by atoms with Crippen molar-refractivity contribution in [3.05, 3.63) is 114 Å². The van der Waals surface area contributed by atoms with Gasteiger partial charge in [0.2, 0.25) is 0 Å². The summed E-state index contributed by atoms with van der Waals surface area (Å²) in [6.07, 6.45) is 0. The molecule has 3 heteroatoms. The van der Waals surface area contributed by atoms with Crippen molar-refractivity contribution in [1.82, 2.24) is 8.97 Å². The van der Waals surface area contributed by atoms with Crippen LogP contribution in [-0.4, -0.2) is 8.97 Å². The highest BCUT2D eigenvalue weighted by Crippen LogP contribution is 2.37. The van der Waals surface area contributed by atoms with E-state index in [4.69, 9.17) is 12.2 Å². The molecule has 0 amide bonds. The zero-order valence-electron chi connectivity index (χ0n) is 17.2. The third-order valence-electron chi connectivity index (χ3n) is 6.50. The lowest BCUT2D eigenvalue weighted by molar-refractivity contribution is 1.17. The van der Waals surface area contributed by atoms with Crippen LogP contribution < -0.4 is 0 Å². The second kappa shape index (κ2) is 6.52. The Morgan fingerprint density at radius 2 is 1.03 bits per heavy atom. The smallest absolute Gasteiger partial charge is 0.121 e. The Bertz CT molecular complexity index is 1890. The fourth-order valence-corrected chi connectivity index (χ4v) is 5.58. The van der Waals surface area contributed by atoms with Crippen LogP contribution in [0.4, 0.5) is 0 Å². The molecule has 0 aliphatic heterocycles. The Balaban J connectivity index is 1.83. The fraction of sp³-hybridized carbons (Fsp3) is 0. The number of pyridine rings is 2. The van der Waals surface area contributed by atoms with Gasteiger partial charge in [-0.2, -0.15) is 0 Å². The molecule has 0 aliphatic rings. The molecule has 0 saturated heterocycles. The third-order valence-corrected chi connectivity index (χ3v) is 6.88. The van der Waals surface area contributed by atoms with Gasteiger partial charge in [0.15, 0.2) is 0 Å². The number of benzene rings is 4. The minimum absolute atomic E-state index is 0.852. The second-order valence-electron chi connectivity index (χ2n) is 8.18. The van der Waals surface area contributed by atoms with E-state index >= 15 is 0 Å². The quantitative estimate of drug-likeness (QED) is 0.190. The van der Waals surface area contributed by atoms with Crippen molar-refractivity contribution in [2.75, 3.05) is 0 Å². The normalized spacial score (nSPS) is 11.9. The van der Waals surface area contributed by atoms with Gasteiger partial charge < -0.3 is 4.57 Å². The predicted octanol–water partition coefficient (Wildman–Crippen LogP) is 8.07. The third kappa shape index (κ3) is 2.26. The molecule has 150 valence electrons. The van der Waals surface area contributed by atoms with Crippen LogP contribution in [0.15, 0.2) is 109 Å². The maximum absolute atomic E-state index is 6.23. The van der Waals surface area contributed by atoms with Crippen LogP contribution in [0.2, 0.25) is 0 Å². The van der Waals surface area contributed by atoms with Gasteiger partial charge in [-0.05, 0) is 35.7 Å². The van der Waals surface area contributed by atoms with E-state index in [2.05, 4.69) is 118 Å². The van der Waals surface area contributed by atoms with Crippen LogP contribution in [0.25, 0.3) is 54.7 Å². The summed E-state index contributed by atoms with van der Waals surface area (Å²) < 4.78 is 5.45. The molecule has 2 nitrogen and oxygen atoms in total. The van der Waals surface area contributed by atoms with E-state index < -0.39 is 0 Å². The van der Waals surface area contributed by atoms with Crippen molar-refractivity contribution >= 4 is 61.2 Å². The van der Waals surface area contributed by atoms with Gasteiger partial charge in [0.1, 0.15) is 4.64 Å². The molecule has 0 bridgehead atoms. The van der Waals surface area contributed by atoms with Gasteiger partial charge in [-0.1, -0.05) is 91.1 Å². The first kappa shape index (κ1) is 17.7. The first-order valence-corrected chi connectivity index (χ1v) is 11.2. The Hall–Kier alpha value is -3.95. The van der Waals surface area contributed by atoms with Gasteiger partial charge in [-0.25, -0.2) is 0 Å². The van der Waals surface area contributed by atoms with Crippen molar-refractivity contribution in [1.29, 1.82) is 0 Å². The van der Waals surface area contributed by atoms with Gasteiger partial charge in [0.05, 0.1) is 22.1 Å². The van der Waals surface area contributed by atoms with Gasteiger partial charge in [-0.3, -0.25) is 4.40 Å². The second-order valence-corrected chi connectivity index (χ2v) is 8.57. The average molecular weight is 427 g/mol. The first-order valence-electron chi connectivity index (χ1n) is 10.8. The van der Waals surface area contributed by atoms with Crippen LogP contribution >= 0.6 is 12.2 Å². The number of nitrogens with zero attached hydrogens (tertiary/aromatic N) is 2. The standard InChI is InChI=1S/C29H18N2S/c32-29-28-23-15-7-9-17-25(23)30(19-10-2-1-3-11-19)27(28)18-26-22-14-5-4-12-20(22)21-13-6-8-16-24(21)31(26)29/h1-18H. The van der Waals surface area contributed by atoms with Crippen molar-refractivity contribution in [3.63, 3.8) is 0 Å². The van der Waals surface area contributed by atoms with Crippen molar-refractivity contribution in [2.24, 2.45) is 0 Å². The van der Waals surface area contributed by atoms with Crippen molar-refractivity contribution in [3.8, 4) is 5.69 Å². The number of rotatable bonds is 1. The molecule has 0 fully saturated rings. The summed E-state index contributed by atoms with van der Waals surface area (Å²) in [4.78, 5) is 0. The van der Waals surface area contributed by atoms with Crippen LogP contribution in [0.1, 0.15) is 0 Å². The summed E-state index contributed by atoms with van der Waals surface area (Å²) in [5.74, 6) is 0. The molecule has 0 unspecified atom stereocenters. The molecule has 7 rings (SSSR count). The molecular weight excluding hydrogens is 408 g/mol. The molecule has 0 N–H and O–H groups in total. The van der Waals surface area contributed by atoms with Gasteiger partial charge >= 0.3 is 0 Å². The molecule has 0 aliphatic carbocycles. The molecule has 0 spiro atoms. The minimum Gasteiger partial charge on any atom is -0.309 e. The van der Waals surface area contributed by atoms with E-state index in [1.807, 2.05) is 0 Å². The van der Waals surface area contributed by atoms with Crippen LogP contribution in [-0.2, 0) is 0 Å². The van der Waals surface area contributed by atoms with Gasteiger partial charge in [-0.15, -0.1) is 0 Å². The molecule has 7 aromatic rings. The molecule has 0 saturated carbocycles. The summed E-state index contributed by atoms with van der Waals surface area (Å²) in [6, 6.07) is 38.6. The predicted molar refractivity (Wildman–Crippen MR) is 138 cm³/mol. The van der Waals surface area contributed by atoms with E-state index in [1.165, 1.54) is 27.1 Å². The molecular formula is C29H18N2S. The highest BCUT2D eigenvalue weighted by atomic mass is 32.1. The highest BCUT2D eigenvalue weighted by Gasteiger charge is 2.17. The molecule has 3 heterocycles. The topological polar surface area (TPSA) is 9.34 Å². The molecule has 0 atom stereocenters. The Morgan fingerprint density at radius 1 is 0.469 bits per heavy atom. The summed E-state index contributed by atoms with van der Waals surface area (Å²) >= 11 is 6.23. The summed E-state index contributed by atoms with van der Waals surface area (Å²) in [7, 11) is 0. The first-order chi connectivity index (χ1) is 15.8. The lowest BCUT2D eigenvalue weighted by Crippen LogP contribution is -1.98. The molecule has 32 heavy (non-hydrogen) atoms. The Kier molecular flexibility index (Phi) is 3.61. The number of hydrogen-bond acceptors (Lipinski definition) is 1. The zero-order valence-corrected chi connectivity index (χ0v) is 18.0. The Morgan fingerprint density at radius 3 is 1.78 bits per heavy atom.